The second-order valence-electron chi connectivity index (χ2n) is 4.31. The molecule has 2 N–H and O–H groups in total. The molecule has 4 nitrogen and oxygen atoms in total. The van der Waals surface area contributed by atoms with Crippen molar-refractivity contribution in [3.8, 4) is 0 Å². The highest BCUT2D eigenvalue weighted by atomic mass is 16.5. The monoisotopic (exact) mass is 256 g/mol. The van der Waals surface area contributed by atoms with Crippen molar-refractivity contribution in [1.82, 2.24) is 4.98 Å². The first-order valence-electron chi connectivity index (χ1n) is 6.06. The van der Waals surface area contributed by atoms with E-state index < -0.39 is 0 Å². The first-order valence-corrected chi connectivity index (χ1v) is 6.06. The summed E-state index contributed by atoms with van der Waals surface area (Å²) in [5.74, 6) is -0.304. The van der Waals surface area contributed by atoms with E-state index in [1.165, 1.54) is 0 Å². The molecule has 0 amide bonds. The molecule has 0 fully saturated rings. The van der Waals surface area contributed by atoms with E-state index in [4.69, 9.17) is 10.5 Å². The SMILES string of the molecule is Cc1cccc(COC(=O)Cc2ccccc2N)n1. The van der Waals surface area contributed by atoms with E-state index in [2.05, 4.69) is 4.98 Å². The number of nitrogens with two attached hydrogens (primary N) is 1. The van der Waals surface area contributed by atoms with Crippen molar-refractivity contribution >= 4 is 11.7 Å². The number of rotatable bonds is 4. The Kier molecular flexibility index (Phi) is 4.13. The van der Waals surface area contributed by atoms with E-state index in [-0.39, 0.29) is 19.0 Å². The van der Waals surface area contributed by atoms with Gasteiger partial charge in [0.2, 0.25) is 0 Å². The van der Waals surface area contributed by atoms with Gasteiger partial charge in [0.1, 0.15) is 6.61 Å². The van der Waals surface area contributed by atoms with Crippen LogP contribution in [0.1, 0.15) is 17.0 Å². The number of benzene rings is 1. The maximum atomic E-state index is 11.7. The highest BCUT2D eigenvalue weighted by molar-refractivity contribution is 5.74. The molecule has 0 unspecified atom stereocenters. The van der Waals surface area contributed by atoms with Gasteiger partial charge in [-0.1, -0.05) is 24.3 Å². The molecule has 0 saturated heterocycles. The molecule has 1 aromatic heterocycles. The van der Waals surface area contributed by atoms with Crippen LogP contribution in [-0.4, -0.2) is 11.0 Å². The van der Waals surface area contributed by atoms with Crippen LogP contribution in [0.3, 0.4) is 0 Å². The van der Waals surface area contributed by atoms with E-state index >= 15 is 0 Å². The molecule has 4 heteroatoms. The number of esters is 1. The molecular formula is C15H16N2O2. The molecule has 0 aliphatic carbocycles. The van der Waals surface area contributed by atoms with Crippen LogP contribution in [0.15, 0.2) is 42.5 Å². The lowest BCUT2D eigenvalue weighted by molar-refractivity contribution is -0.144. The number of para-hydroxylation sites is 1. The van der Waals surface area contributed by atoms with Crippen molar-refractivity contribution in [3.63, 3.8) is 0 Å². The number of carbonyl (C=O) groups excluding carboxylic acids is 1. The zero-order valence-corrected chi connectivity index (χ0v) is 10.8. The van der Waals surface area contributed by atoms with Gasteiger partial charge in [-0.2, -0.15) is 0 Å². The minimum atomic E-state index is -0.304. The van der Waals surface area contributed by atoms with Crippen molar-refractivity contribution in [3.05, 3.63) is 59.4 Å². The number of nitrogens with zero attached hydrogens (tertiary/aromatic N) is 1. The standard InChI is InChI=1S/C15H16N2O2/c1-11-5-4-7-13(17-11)10-19-15(18)9-12-6-2-3-8-14(12)16/h2-8H,9-10,16H2,1H3. The molecule has 0 atom stereocenters. The molecule has 0 radical (unpaired) electrons. The maximum Gasteiger partial charge on any atom is 0.310 e. The van der Waals surface area contributed by atoms with Gasteiger partial charge in [-0.3, -0.25) is 9.78 Å². The summed E-state index contributed by atoms with van der Waals surface area (Å²) in [6.07, 6.45) is 0.179. The molecule has 0 saturated carbocycles. The average Bonchev–Trinajstić information content (AvgIpc) is 2.39. The van der Waals surface area contributed by atoms with Crippen molar-refractivity contribution in [1.29, 1.82) is 0 Å². The number of aromatic nitrogens is 1. The van der Waals surface area contributed by atoms with Crippen molar-refractivity contribution in [2.75, 3.05) is 5.73 Å². The number of pyridine rings is 1. The van der Waals surface area contributed by atoms with Gasteiger partial charge >= 0.3 is 5.97 Å². The van der Waals surface area contributed by atoms with Gasteiger partial charge in [0.25, 0.3) is 0 Å². The van der Waals surface area contributed by atoms with Crippen LogP contribution < -0.4 is 5.73 Å². The molecule has 0 aliphatic heterocycles. The molecule has 1 heterocycles. The van der Waals surface area contributed by atoms with E-state index in [0.29, 0.717) is 5.69 Å². The lowest BCUT2D eigenvalue weighted by atomic mass is 10.1. The highest BCUT2D eigenvalue weighted by Crippen LogP contribution is 2.12. The number of hydrogen-bond donors (Lipinski definition) is 1. The Balaban J connectivity index is 1.90. The van der Waals surface area contributed by atoms with E-state index in [0.717, 1.165) is 17.0 Å². The van der Waals surface area contributed by atoms with E-state index in [1.54, 1.807) is 6.07 Å². The molecule has 98 valence electrons. The smallest absolute Gasteiger partial charge is 0.310 e. The third-order valence-electron chi connectivity index (χ3n) is 2.72. The lowest BCUT2D eigenvalue weighted by Crippen LogP contribution is -2.10. The maximum absolute atomic E-state index is 11.7. The Hall–Kier alpha value is -2.36. The molecule has 0 aliphatic rings. The number of nitrogen functional groups attached to an aromatic ring is 1. The Morgan fingerprint density at radius 3 is 2.74 bits per heavy atom. The van der Waals surface area contributed by atoms with Crippen LogP contribution in [-0.2, 0) is 22.6 Å². The fourth-order valence-corrected chi connectivity index (χ4v) is 1.74. The summed E-state index contributed by atoms with van der Waals surface area (Å²) in [6, 6.07) is 12.9. The minimum Gasteiger partial charge on any atom is -0.459 e. The van der Waals surface area contributed by atoms with Crippen molar-refractivity contribution < 1.29 is 9.53 Å². The number of aryl methyl sites for hydroxylation is 1. The van der Waals surface area contributed by atoms with Gasteiger partial charge in [-0.05, 0) is 30.7 Å². The van der Waals surface area contributed by atoms with Crippen LogP contribution in [0, 0.1) is 6.92 Å². The molecule has 0 spiro atoms. The van der Waals surface area contributed by atoms with Gasteiger partial charge in [0.05, 0.1) is 12.1 Å². The number of anilines is 1. The first kappa shape index (κ1) is 13.1. The van der Waals surface area contributed by atoms with E-state index in [9.17, 15) is 4.79 Å². The average molecular weight is 256 g/mol. The second-order valence-corrected chi connectivity index (χ2v) is 4.31. The Labute approximate surface area is 112 Å². The summed E-state index contributed by atoms with van der Waals surface area (Å²) in [6.45, 7) is 2.09. The summed E-state index contributed by atoms with van der Waals surface area (Å²) in [5, 5.41) is 0. The van der Waals surface area contributed by atoms with Gasteiger partial charge in [0.15, 0.2) is 0 Å². The summed E-state index contributed by atoms with van der Waals surface area (Å²) >= 11 is 0. The summed E-state index contributed by atoms with van der Waals surface area (Å²) in [4.78, 5) is 16.0. The van der Waals surface area contributed by atoms with Crippen molar-refractivity contribution in [2.45, 2.75) is 20.0 Å². The molecule has 2 rings (SSSR count). The lowest BCUT2D eigenvalue weighted by Gasteiger charge is -2.06. The van der Waals surface area contributed by atoms with Crippen LogP contribution in [0.4, 0.5) is 5.69 Å². The van der Waals surface area contributed by atoms with Gasteiger partial charge < -0.3 is 10.5 Å². The van der Waals surface area contributed by atoms with Crippen LogP contribution >= 0.6 is 0 Å². The molecule has 0 bridgehead atoms. The summed E-state index contributed by atoms with van der Waals surface area (Å²) < 4.78 is 5.19. The first-order chi connectivity index (χ1) is 9.15. The third-order valence-corrected chi connectivity index (χ3v) is 2.72. The summed E-state index contributed by atoms with van der Waals surface area (Å²) in [5.41, 5.74) is 8.81. The van der Waals surface area contributed by atoms with E-state index in [1.807, 2.05) is 43.3 Å². The van der Waals surface area contributed by atoms with Gasteiger partial charge in [-0.25, -0.2) is 0 Å². The quantitative estimate of drug-likeness (QED) is 0.673. The highest BCUT2D eigenvalue weighted by Gasteiger charge is 2.08. The number of carbonyl (C=O) groups is 1. The molecular weight excluding hydrogens is 240 g/mol. The third kappa shape index (κ3) is 3.81. The summed E-state index contributed by atoms with van der Waals surface area (Å²) in [7, 11) is 0. The van der Waals surface area contributed by atoms with Gasteiger partial charge in [-0.15, -0.1) is 0 Å². The zero-order chi connectivity index (χ0) is 13.7. The zero-order valence-electron chi connectivity index (χ0n) is 10.8. The largest absolute Gasteiger partial charge is 0.459 e. The minimum absolute atomic E-state index is 0.179. The molecule has 19 heavy (non-hydrogen) atoms. The fraction of sp³-hybridized carbons (Fsp3) is 0.200. The Morgan fingerprint density at radius 2 is 2.00 bits per heavy atom. The predicted octanol–water partition coefficient (Wildman–Crippen LogP) is 2.26. The Morgan fingerprint density at radius 1 is 1.21 bits per heavy atom. The Bertz CT molecular complexity index is 582. The fourth-order valence-electron chi connectivity index (χ4n) is 1.74. The van der Waals surface area contributed by atoms with Gasteiger partial charge in [0, 0.05) is 11.4 Å². The normalized spacial score (nSPS) is 10.2. The van der Waals surface area contributed by atoms with Crippen LogP contribution in [0.5, 0.6) is 0 Å². The number of hydrogen-bond acceptors (Lipinski definition) is 4. The number of ether oxygens (including phenoxy) is 1. The predicted molar refractivity (Wildman–Crippen MR) is 73.3 cm³/mol. The topological polar surface area (TPSA) is 65.2 Å². The second kappa shape index (κ2) is 6.00. The van der Waals surface area contributed by atoms with Crippen molar-refractivity contribution in [2.24, 2.45) is 0 Å². The van der Waals surface area contributed by atoms with Crippen LogP contribution in [0.25, 0.3) is 0 Å². The van der Waals surface area contributed by atoms with Crippen LogP contribution in [0.2, 0.25) is 0 Å². The molecule has 1 aromatic carbocycles. The molecule has 2 aromatic rings.